The van der Waals surface area contributed by atoms with Gasteiger partial charge in [0.05, 0.1) is 10.5 Å². The molecule has 0 unspecified atom stereocenters. The van der Waals surface area contributed by atoms with Crippen molar-refractivity contribution in [3.05, 3.63) is 66.5 Å². The molecule has 1 amide bonds. The molecule has 0 radical (unpaired) electrons. The summed E-state index contributed by atoms with van der Waals surface area (Å²) in [6.07, 6.45) is 0.773. The van der Waals surface area contributed by atoms with Crippen LogP contribution in [0, 0.1) is 11.7 Å². The Morgan fingerprint density at radius 3 is 2.53 bits per heavy atom. The van der Waals surface area contributed by atoms with Crippen molar-refractivity contribution in [1.82, 2.24) is 24.9 Å². The molecule has 1 aromatic heterocycles. The van der Waals surface area contributed by atoms with E-state index in [2.05, 4.69) is 25.9 Å². The summed E-state index contributed by atoms with van der Waals surface area (Å²) in [6.45, 7) is 0.482. The second-order valence-corrected chi connectivity index (χ2v) is 10.0. The van der Waals surface area contributed by atoms with Gasteiger partial charge in [-0.2, -0.15) is 9.52 Å². The van der Waals surface area contributed by atoms with Crippen molar-refractivity contribution in [3.8, 4) is 11.4 Å². The van der Waals surface area contributed by atoms with E-state index in [1.165, 1.54) is 22.5 Å². The van der Waals surface area contributed by atoms with Gasteiger partial charge in [0.1, 0.15) is 5.82 Å². The lowest BCUT2D eigenvalue weighted by atomic mass is 9.97. The van der Waals surface area contributed by atoms with Crippen LogP contribution in [0.25, 0.3) is 22.2 Å². The van der Waals surface area contributed by atoms with E-state index in [4.69, 9.17) is 0 Å². The number of aromatic nitrogens is 4. The number of fused-ring (bicyclic) bond motifs is 1. The van der Waals surface area contributed by atoms with Crippen molar-refractivity contribution >= 4 is 32.4 Å². The lowest BCUT2D eigenvalue weighted by Gasteiger charge is -2.30. The molecule has 2 heterocycles. The zero-order chi connectivity index (χ0) is 23.7. The fraction of sp³-hybridized carbons (Fsp3) is 0.217. The van der Waals surface area contributed by atoms with Crippen molar-refractivity contribution in [2.45, 2.75) is 17.7 Å². The first kappa shape index (κ1) is 22.1. The van der Waals surface area contributed by atoms with E-state index in [-0.39, 0.29) is 41.2 Å². The van der Waals surface area contributed by atoms with Crippen molar-refractivity contribution < 1.29 is 17.6 Å². The largest absolute Gasteiger partial charge is 0.326 e. The first-order valence-electron chi connectivity index (χ1n) is 10.7. The number of piperidine rings is 1. The number of H-pyrrole nitrogens is 1. The number of anilines is 1. The molecule has 1 fully saturated rings. The Labute approximate surface area is 195 Å². The van der Waals surface area contributed by atoms with Crippen LogP contribution in [-0.2, 0) is 14.8 Å². The molecule has 1 aliphatic heterocycles. The van der Waals surface area contributed by atoms with Crippen molar-refractivity contribution in [1.29, 1.82) is 0 Å². The number of hydrogen-bond donors (Lipinski definition) is 2. The molecule has 9 nitrogen and oxygen atoms in total. The highest BCUT2D eigenvalue weighted by atomic mass is 32.2. The third-order valence-electron chi connectivity index (χ3n) is 6.00. The van der Waals surface area contributed by atoms with Crippen LogP contribution < -0.4 is 5.32 Å². The monoisotopic (exact) mass is 480 g/mol. The molecule has 0 saturated carbocycles. The number of aromatic amines is 1. The second-order valence-electron chi connectivity index (χ2n) is 8.11. The highest BCUT2D eigenvalue weighted by Gasteiger charge is 2.32. The zero-order valence-corrected chi connectivity index (χ0v) is 18.8. The van der Waals surface area contributed by atoms with Gasteiger partial charge in [0.2, 0.25) is 21.8 Å². The number of halogens is 1. The summed E-state index contributed by atoms with van der Waals surface area (Å²) < 4.78 is 41.8. The van der Waals surface area contributed by atoms with Gasteiger partial charge < -0.3 is 5.32 Å². The molecular weight excluding hydrogens is 459 g/mol. The lowest BCUT2D eigenvalue weighted by Crippen LogP contribution is -2.41. The lowest BCUT2D eigenvalue weighted by molar-refractivity contribution is -0.120. The second kappa shape index (κ2) is 8.92. The summed E-state index contributed by atoms with van der Waals surface area (Å²) in [5.41, 5.74) is 0.514. The van der Waals surface area contributed by atoms with Gasteiger partial charge in [0, 0.05) is 24.7 Å². The van der Waals surface area contributed by atoms with Crippen LogP contribution >= 0.6 is 0 Å². The van der Waals surface area contributed by atoms with E-state index in [1.807, 2.05) is 24.3 Å². The highest BCUT2D eigenvalue weighted by molar-refractivity contribution is 7.89. The maximum atomic E-state index is 14.1. The van der Waals surface area contributed by atoms with E-state index in [9.17, 15) is 17.6 Å². The third kappa shape index (κ3) is 4.27. The minimum absolute atomic E-state index is 0.0841. The number of amides is 1. The number of nitrogens with zero attached hydrogens (tertiary/aromatic N) is 4. The Kier molecular flexibility index (Phi) is 5.80. The Bertz CT molecular complexity index is 1450. The number of carbonyl (C=O) groups is 1. The Balaban J connectivity index is 1.25. The summed E-state index contributed by atoms with van der Waals surface area (Å²) in [4.78, 5) is 13.0. The number of hydrogen-bond acceptors (Lipinski definition) is 6. The van der Waals surface area contributed by atoms with E-state index in [0.717, 1.165) is 10.8 Å². The van der Waals surface area contributed by atoms with Gasteiger partial charge in [-0.15, -0.1) is 10.2 Å². The minimum atomic E-state index is -3.66. The quantitative estimate of drug-likeness (QED) is 0.453. The van der Waals surface area contributed by atoms with E-state index < -0.39 is 15.8 Å². The number of nitrogens with one attached hydrogen (secondary N) is 2. The van der Waals surface area contributed by atoms with Crippen molar-refractivity contribution in [2.75, 3.05) is 18.4 Å². The molecule has 4 aromatic rings. The number of sulfonamides is 1. The number of tetrazole rings is 1. The maximum absolute atomic E-state index is 14.1. The maximum Gasteiger partial charge on any atom is 0.243 e. The number of carbonyl (C=O) groups excluding carboxylic acids is 1. The Hall–Kier alpha value is -3.70. The summed E-state index contributed by atoms with van der Waals surface area (Å²) in [5, 5.41) is 17.8. The van der Waals surface area contributed by atoms with Gasteiger partial charge in [0.15, 0.2) is 0 Å². The molecule has 11 heteroatoms. The molecule has 0 spiro atoms. The van der Waals surface area contributed by atoms with Crippen molar-refractivity contribution in [2.24, 2.45) is 5.92 Å². The van der Waals surface area contributed by atoms with Crippen LogP contribution in [0.2, 0.25) is 0 Å². The fourth-order valence-corrected chi connectivity index (χ4v) is 5.64. The topological polar surface area (TPSA) is 121 Å². The van der Waals surface area contributed by atoms with Gasteiger partial charge >= 0.3 is 0 Å². The summed E-state index contributed by atoms with van der Waals surface area (Å²) in [7, 11) is -3.66. The van der Waals surface area contributed by atoms with Gasteiger partial charge in [-0.1, -0.05) is 30.3 Å². The molecular formula is C23H21FN6O3S. The molecule has 5 rings (SSSR count). The van der Waals surface area contributed by atoms with Gasteiger partial charge in [0.25, 0.3) is 0 Å². The van der Waals surface area contributed by atoms with Crippen LogP contribution in [-0.4, -0.2) is 52.3 Å². The van der Waals surface area contributed by atoms with E-state index in [0.29, 0.717) is 18.5 Å². The van der Waals surface area contributed by atoms with Gasteiger partial charge in [-0.05, 0) is 59.2 Å². The van der Waals surface area contributed by atoms with Gasteiger partial charge in [-0.3, -0.25) is 4.79 Å². The summed E-state index contributed by atoms with van der Waals surface area (Å²) in [6, 6.07) is 16.8. The van der Waals surface area contributed by atoms with Crippen molar-refractivity contribution in [3.63, 3.8) is 0 Å². The van der Waals surface area contributed by atoms with Crippen LogP contribution in [0.4, 0.5) is 10.1 Å². The smallest absolute Gasteiger partial charge is 0.243 e. The molecule has 0 aliphatic carbocycles. The molecule has 3 aromatic carbocycles. The minimum Gasteiger partial charge on any atom is -0.326 e. The molecule has 0 bridgehead atoms. The fourth-order valence-electron chi connectivity index (χ4n) is 4.13. The SMILES string of the molecule is O=C(Nc1ccc(F)c(-c2nn[nH]n2)c1)C1CCN(S(=O)(=O)c2ccc3ccccc3c2)CC1. The third-order valence-corrected chi connectivity index (χ3v) is 7.90. The molecule has 0 atom stereocenters. The van der Waals surface area contributed by atoms with Crippen LogP contribution in [0.5, 0.6) is 0 Å². The van der Waals surface area contributed by atoms with Crippen LogP contribution in [0.15, 0.2) is 65.6 Å². The zero-order valence-electron chi connectivity index (χ0n) is 18.0. The predicted octanol–water partition coefficient (Wildman–Crippen LogP) is 3.20. The first-order valence-corrected chi connectivity index (χ1v) is 12.2. The standard InChI is InChI=1S/C23H21FN6O3S/c24-21-8-6-18(14-20(21)22-26-28-29-27-22)25-23(31)16-9-11-30(12-10-16)34(32,33)19-7-5-15-3-1-2-4-17(15)13-19/h1-8,13-14,16H,9-12H2,(H,25,31)(H,26,27,28,29). The number of rotatable bonds is 5. The van der Waals surface area contributed by atoms with Crippen LogP contribution in [0.3, 0.4) is 0 Å². The summed E-state index contributed by atoms with van der Waals surface area (Å²) >= 11 is 0. The normalized spacial score (nSPS) is 15.4. The Morgan fingerprint density at radius 1 is 1.03 bits per heavy atom. The number of benzene rings is 3. The molecule has 34 heavy (non-hydrogen) atoms. The highest BCUT2D eigenvalue weighted by Crippen LogP contribution is 2.28. The Morgan fingerprint density at radius 2 is 1.79 bits per heavy atom. The average molecular weight is 481 g/mol. The first-order chi connectivity index (χ1) is 16.4. The molecule has 2 N–H and O–H groups in total. The average Bonchev–Trinajstić information content (AvgIpc) is 3.40. The molecule has 174 valence electrons. The summed E-state index contributed by atoms with van der Waals surface area (Å²) in [5.74, 6) is -1.05. The molecule has 1 aliphatic rings. The predicted molar refractivity (Wildman–Crippen MR) is 124 cm³/mol. The molecule has 1 saturated heterocycles. The van der Waals surface area contributed by atoms with E-state index in [1.54, 1.807) is 18.2 Å². The van der Waals surface area contributed by atoms with E-state index >= 15 is 0 Å². The van der Waals surface area contributed by atoms with Crippen LogP contribution in [0.1, 0.15) is 12.8 Å². The van der Waals surface area contributed by atoms with Gasteiger partial charge in [-0.25, -0.2) is 12.8 Å².